The number of hydrogen-bond donors (Lipinski definition) is 0. The zero-order valence-electron chi connectivity index (χ0n) is 10.1. The van der Waals surface area contributed by atoms with Crippen LogP contribution in [0.2, 0.25) is 0 Å². The topological polar surface area (TPSA) is 40.6 Å². The van der Waals surface area contributed by atoms with Gasteiger partial charge >= 0.3 is 0 Å². The summed E-state index contributed by atoms with van der Waals surface area (Å²) in [4.78, 5) is 27.2. The minimum absolute atomic E-state index is 0.0946. The van der Waals surface area contributed by atoms with E-state index in [9.17, 15) is 9.59 Å². The number of piperidine rings is 1. The van der Waals surface area contributed by atoms with Gasteiger partial charge in [-0.3, -0.25) is 9.59 Å². The number of rotatable bonds is 1. The predicted octanol–water partition coefficient (Wildman–Crippen LogP) is 0.723. The van der Waals surface area contributed by atoms with Gasteiger partial charge < -0.3 is 9.80 Å². The first-order valence-corrected chi connectivity index (χ1v) is 6.10. The van der Waals surface area contributed by atoms with Gasteiger partial charge in [0, 0.05) is 33.1 Å². The molecule has 0 aromatic heterocycles. The van der Waals surface area contributed by atoms with Crippen molar-refractivity contribution >= 4 is 11.8 Å². The molecule has 90 valence electrons. The van der Waals surface area contributed by atoms with E-state index in [-0.39, 0.29) is 17.7 Å². The minimum Gasteiger partial charge on any atom is -0.345 e. The van der Waals surface area contributed by atoms with Crippen LogP contribution in [0.15, 0.2) is 0 Å². The molecule has 0 radical (unpaired) electrons. The molecule has 4 nitrogen and oxygen atoms in total. The number of amides is 2. The summed E-state index contributed by atoms with van der Waals surface area (Å²) >= 11 is 0. The van der Waals surface area contributed by atoms with Crippen molar-refractivity contribution in [2.75, 3.05) is 26.7 Å². The van der Waals surface area contributed by atoms with Crippen molar-refractivity contribution < 1.29 is 9.59 Å². The Labute approximate surface area is 96.6 Å². The van der Waals surface area contributed by atoms with Crippen LogP contribution in [0.3, 0.4) is 0 Å². The summed E-state index contributed by atoms with van der Waals surface area (Å²) < 4.78 is 0. The fourth-order valence-corrected chi connectivity index (χ4v) is 2.68. The molecule has 2 saturated heterocycles. The third kappa shape index (κ3) is 2.20. The van der Waals surface area contributed by atoms with E-state index in [2.05, 4.69) is 6.92 Å². The smallest absolute Gasteiger partial charge is 0.228 e. The maximum absolute atomic E-state index is 12.2. The second-order valence-electron chi connectivity index (χ2n) is 5.21. The molecule has 0 aromatic carbocycles. The van der Waals surface area contributed by atoms with Crippen LogP contribution in [0, 0.1) is 11.8 Å². The zero-order valence-corrected chi connectivity index (χ0v) is 10.1. The maximum atomic E-state index is 12.2. The van der Waals surface area contributed by atoms with Crippen molar-refractivity contribution in [2.45, 2.75) is 26.2 Å². The van der Waals surface area contributed by atoms with E-state index in [4.69, 9.17) is 0 Å². The van der Waals surface area contributed by atoms with E-state index in [0.717, 1.165) is 19.5 Å². The SMILES string of the molecule is CC1CCCN(C(=O)C2CC(=O)N(C)C2)C1. The molecule has 0 spiro atoms. The van der Waals surface area contributed by atoms with Crippen LogP contribution in [0.5, 0.6) is 0 Å². The third-order valence-electron chi connectivity index (χ3n) is 3.66. The van der Waals surface area contributed by atoms with Gasteiger partial charge in [-0.25, -0.2) is 0 Å². The summed E-state index contributed by atoms with van der Waals surface area (Å²) in [7, 11) is 1.77. The highest BCUT2D eigenvalue weighted by atomic mass is 16.2. The van der Waals surface area contributed by atoms with Crippen molar-refractivity contribution in [1.29, 1.82) is 0 Å². The summed E-state index contributed by atoms with van der Waals surface area (Å²) in [5.41, 5.74) is 0. The average Bonchev–Trinajstić information content (AvgIpc) is 2.58. The molecule has 0 N–H and O–H groups in total. The Bertz CT molecular complexity index is 303. The fourth-order valence-electron chi connectivity index (χ4n) is 2.68. The molecule has 2 rings (SSSR count). The number of hydrogen-bond acceptors (Lipinski definition) is 2. The highest BCUT2D eigenvalue weighted by Crippen LogP contribution is 2.22. The Morgan fingerprint density at radius 2 is 2.12 bits per heavy atom. The van der Waals surface area contributed by atoms with Gasteiger partial charge in [0.05, 0.1) is 5.92 Å². The summed E-state index contributed by atoms with van der Waals surface area (Å²) in [6.07, 6.45) is 2.72. The molecule has 16 heavy (non-hydrogen) atoms. The summed E-state index contributed by atoms with van der Waals surface area (Å²) in [6, 6.07) is 0. The number of nitrogens with zero attached hydrogens (tertiary/aromatic N) is 2. The van der Waals surface area contributed by atoms with Gasteiger partial charge in [0.1, 0.15) is 0 Å². The van der Waals surface area contributed by atoms with E-state index in [1.807, 2.05) is 4.90 Å². The van der Waals surface area contributed by atoms with E-state index < -0.39 is 0 Å². The Kier molecular flexibility index (Phi) is 3.17. The lowest BCUT2D eigenvalue weighted by molar-refractivity contribution is -0.137. The van der Waals surface area contributed by atoms with Gasteiger partial charge in [-0.1, -0.05) is 6.92 Å². The van der Waals surface area contributed by atoms with Crippen LogP contribution in [0.4, 0.5) is 0 Å². The second kappa shape index (κ2) is 4.44. The summed E-state index contributed by atoms with van der Waals surface area (Å²) in [5.74, 6) is 0.794. The number of likely N-dealkylation sites (tertiary alicyclic amines) is 2. The molecule has 2 unspecified atom stereocenters. The van der Waals surface area contributed by atoms with E-state index in [0.29, 0.717) is 18.9 Å². The van der Waals surface area contributed by atoms with E-state index >= 15 is 0 Å². The lowest BCUT2D eigenvalue weighted by atomic mass is 9.98. The van der Waals surface area contributed by atoms with Gasteiger partial charge in [-0.05, 0) is 18.8 Å². The highest BCUT2D eigenvalue weighted by molar-refractivity contribution is 5.89. The Hall–Kier alpha value is -1.06. The van der Waals surface area contributed by atoms with Crippen molar-refractivity contribution in [1.82, 2.24) is 9.80 Å². The molecule has 2 amide bonds. The molecular weight excluding hydrogens is 204 g/mol. The summed E-state index contributed by atoms with van der Waals surface area (Å²) in [6.45, 7) is 4.53. The van der Waals surface area contributed by atoms with Crippen LogP contribution in [-0.4, -0.2) is 48.3 Å². The molecule has 4 heteroatoms. The molecule has 2 aliphatic heterocycles. The normalized spacial score (nSPS) is 31.0. The number of carbonyl (C=O) groups is 2. The lowest BCUT2D eigenvalue weighted by Gasteiger charge is -2.32. The van der Waals surface area contributed by atoms with E-state index in [1.54, 1.807) is 11.9 Å². The van der Waals surface area contributed by atoms with Crippen LogP contribution in [0.1, 0.15) is 26.2 Å². The van der Waals surface area contributed by atoms with Crippen LogP contribution in [0.25, 0.3) is 0 Å². The molecule has 0 saturated carbocycles. The standard InChI is InChI=1S/C12H20N2O2/c1-9-4-3-5-14(7-9)12(16)10-6-11(15)13(2)8-10/h9-10H,3-8H2,1-2H3. The van der Waals surface area contributed by atoms with Crippen molar-refractivity contribution in [2.24, 2.45) is 11.8 Å². The van der Waals surface area contributed by atoms with Gasteiger partial charge in [0.25, 0.3) is 0 Å². The molecule has 2 aliphatic rings. The van der Waals surface area contributed by atoms with Gasteiger partial charge in [0.2, 0.25) is 11.8 Å². The first-order valence-electron chi connectivity index (χ1n) is 6.10. The maximum Gasteiger partial charge on any atom is 0.228 e. The first kappa shape index (κ1) is 11.4. The minimum atomic E-state index is -0.0946. The molecule has 0 bridgehead atoms. The third-order valence-corrected chi connectivity index (χ3v) is 3.66. The number of carbonyl (C=O) groups excluding carboxylic acids is 2. The molecule has 2 heterocycles. The first-order chi connectivity index (χ1) is 7.58. The monoisotopic (exact) mass is 224 g/mol. The van der Waals surface area contributed by atoms with Gasteiger partial charge in [0.15, 0.2) is 0 Å². The van der Waals surface area contributed by atoms with Crippen molar-refractivity contribution in [3.63, 3.8) is 0 Å². The lowest BCUT2D eigenvalue weighted by Crippen LogP contribution is -2.42. The van der Waals surface area contributed by atoms with Crippen LogP contribution < -0.4 is 0 Å². The predicted molar refractivity (Wildman–Crippen MR) is 60.7 cm³/mol. The van der Waals surface area contributed by atoms with Crippen LogP contribution in [-0.2, 0) is 9.59 Å². The Morgan fingerprint density at radius 3 is 2.69 bits per heavy atom. The zero-order chi connectivity index (χ0) is 11.7. The molecular formula is C12H20N2O2. The van der Waals surface area contributed by atoms with Crippen molar-refractivity contribution in [3.8, 4) is 0 Å². The molecule has 2 atom stereocenters. The van der Waals surface area contributed by atoms with E-state index in [1.165, 1.54) is 6.42 Å². The van der Waals surface area contributed by atoms with Gasteiger partial charge in [-0.15, -0.1) is 0 Å². The highest BCUT2D eigenvalue weighted by Gasteiger charge is 2.35. The average molecular weight is 224 g/mol. The quantitative estimate of drug-likeness (QED) is 0.658. The molecule has 0 aromatic rings. The van der Waals surface area contributed by atoms with Crippen LogP contribution >= 0.6 is 0 Å². The summed E-state index contributed by atoms with van der Waals surface area (Å²) in [5, 5.41) is 0. The molecule has 0 aliphatic carbocycles. The Morgan fingerprint density at radius 1 is 1.38 bits per heavy atom. The Balaban J connectivity index is 1.94. The molecule has 2 fully saturated rings. The van der Waals surface area contributed by atoms with Gasteiger partial charge in [-0.2, -0.15) is 0 Å². The largest absolute Gasteiger partial charge is 0.345 e. The fraction of sp³-hybridized carbons (Fsp3) is 0.833. The second-order valence-corrected chi connectivity index (χ2v) is 5.21. The van der Waals surface area contributed by atoms with Crippen molar-refractivity contribution in [3.05, 3.63) is 0 Å².